The van der Waals surface area contributed by atoms with Crippen molar-refractivity contribution in [2.75, 3.05) is 12.4 Å². The summed E-state index contributed by atoms with van der Waals surface area (Å²) in [6.45, 7) is 1.98. The van der Waals surface area contributed by atoms with Gasteiger partial charge >= 0.3 is 0 Å². The summed E-state index contributed by atoms with van der Waals surface area (Å²) in [5, 5.41) is 6.17. The highest BCUT2D eigenvalue weighted by atomic mass is 35.5. The molecule has 0 unspecified atom stereocenters. The monoisotopic (exact) mass is 334 g/mol. The van der Waals surface area contributed by atoms with Gasteiger partial charge in [-0.25, -0.2) is 0 Å². The number of methoxy groups -OCH3 is 1. The third-order valence-electron chi connectivity index (χ3n) is 2.92. The average Bonchev–Trinajstić information content (AvgIpc) is 2.46. The topological polar surface area (TPSA) is 50.4 Å². The van der Waals surface area contributed by atoms with Crippen LogP contribution in [-0.4, -0.2) is 18.1 Å². The Bertz CT molecular complexity index is 719. The molecule has 0 saturated heterocycles. The molecule has 0 bridgehead atoms. The second-order valence-electron chi connectivity index (χ2n) is 4.63. The number of aryl methyl sites for hydroxylation is 1. The molecule has 0 aromatic heterocycles. The first-order valence-electron chi connectivity index (χ1n) is 6.52. The first-order chi connectivity index (χ1) is 10.5. The van der Waals surface area contributed by atoms with E-state index in [1.807, 2.05) is 31.2 Å². The smallest absolute Gasteiger partial charge is 0.257 e. The maximum atomic E-state index is 12.1. The molecule has 0 fully saturated rings. The first kappa shape index (κ1) is 16.3. The molecule has 0 aliphatic carbocycles. The Labute approximate surface area is 139 Å². The Hall–Kier alpha value is -2.11. The van der Waals surface area contributed by atoms with Crippen LogP contribution in [0.4, 0.5) is 5.69 Å². The summed E-state index contributed by atoms with van der Waals surface area (Å²) in [6.07, 6.45) is 0. The Morgan fingerprint density at radius 1 is 1.23 bits per heavy atom. The lowest BCUT2D eigenvalue weighted by Gasteiger charge is -2.11. The van der Waals surface area contributed by atoms with Crippen molar-refractivity contribution < 1.29 is 9.53 Å². The summed E-state index contributed by atoms with van der Waals surface area (Å²) < 4.78 is 5.05. The van der Waals surface area contributed by atoms with Gasteiger partial charge in [-0.15, -0.1) is 0 Å². The highest BCUT2D eigenvalue weighted by Crippen LogP contribution is 2.24. The molecule has 6 heteroatoms. The van der Waals surface area contributed by atoms with Gasteiger partial charge in [-0.05, 0) is 55.0 Å². The second-order valence-corrected chi connectivity index (χ2v) is 5.44. The quantitative estimate of drug-likeness (QED) is 0.839. The molecule has 0 radical (unpaired) electrons. The number of anilines is 1. The number of carbonyl (C=O) groups excluding carboxylic acids is 1. The summed E-state index contributed by atoms with van der Waals surface area (Å²) in [5.74, 6) is 0.174. The molecule has 4 nitrogen and oxygen atoms in total. The second kappa shape index (κ2) is 7.24. The van der Waals surface area contributed by atoms with E-state index in [0.717, 1.165) is 11.3 Å². The minimum atomic E-state index is -0.338. The van der Waals surface area contributed by atoms with Crippen molar-refractivity contribution in [1.82, 2.24) is 5.32 Å². The van der Waals surface area contributed by atoms with Crippen LogP contribution in [0.15, 0.2) is 42.5 Å². The van der Waals surface area contributed by atoms with Gasteiger partial charge in [0.1, 0.15) is 5.75 Å². The van der Waals surface area contributed by atoms with Gasteiger partial charge in [-0.1, -0.05) is 23.7 Å². The lowest BCUT2D eigenvalue weighted by Crippen LogP contribution is -2.34. The fourth-order valence-electron chi connectivity index (χ4n) is 1.87. The highest BCUT2D eigenvalue weighted by molar-refractivity contribution is 7.80. The Balaban J connectivity index is 2.02. The van der Waals surface area contributed by atoms with Gasteiger partial charge in [0.25, 0.3) is 5.91 Å². The molecule has 0 saturated carbocycles. The van der Waals surface area contributed by atoms with Crippen LogP contribution in [0.1, 0.15) is 15.9 Å². The normalized spacial score (nSPS) is 9.95. The SMILES string of the molecule is COc1ccc(C(=O)NC(=S)Nc2cccc(C)c2)cc1Cl. The van der Waals surface area contributed by atoms with E-state index in [2.05, 4.69) is 10.6 Å². The number of rotatable bonds is 3. The standard InChI is InChI=1S/C16H15ClN2O2S/c1-10-4-3-5-12(8-10)18-16(22)19-15(20)11-6-7-14(21-2)13(17)9-11/h3-9H,1-2H3,(H2,18,19,20,22). The number of halogens is 1. The Morgan fingerprint density at radius 2 is 2.00 bits per heavy atom. The molecule has 0 atom stereocenters. The van der Waals surface area contributed by atoms with Gasteiger partial charge in [0.05, 0.1) is 12.1 Å². The van der Waals surface area contributed by atoms with E-state index in [1.54, 1.807) is 12.1 Å². The molecule has 1 amide bonds. The Morgan fingerprint density at radius 3 is 2.64 bits per heavy atom. The molecule has 2 aromatic carbocycles. The van der Waals surface area contributed by atoms with E-state index < -0.39 is 0 Å². The van der Waals surface area contributed by atoms with Crippen LogP contribution < -0.4 is 15.4 Å². The van der Waals surface area contributed by atoms with Crippen LogP contribution in [0.5, 0.6) is 5.75 Å². The molecule has 0 heterocycles. The van der Waals surface area contributed by atoms with Crippen molar-refractivity contribution in [3.05, 3.63) is 58.6 Å². The van der Waals surface area contributed by atoms with E-state index in [9.17, 15) is 4.79 Å². The number of hydrogen-bond acceptors (Lipinski definition) is 3. The van der Waals surface area contributed by atoms with Crippen LogP contribution in [-0.2, 0) is 0 Å². The molecule has 2 rings (SSSR count). The summed E-state index contributed by atoms with van der Waals surface area (Å²) >= 11 is 11.1. The van der Waals surface area contributed by atoms with Gasteiger partial charge in [-0.3, -0.25) is 10.1 Å². The maximum absolute atomic E-state index is 12.1. The van der Waals surface area contributed by atoms with Crippen molar-refractivity contribution in [3.63, 3.8) is 0 Å². The third-order valence-corrected chi connectivity index (χ3v) is 3.42. The largest absolute Gasteiger partial charge is 0.495 e. The van der Waals surface area contributed by atoms with Crippen molar-refractivity contribution in [1.29, 1.82) is 0 Å². The number of benzene rings is 2. The van der Waals surface area contributed by atoms with Crippen LogP contribution >= 0.6 is 23.8 Å². The number of ether oxygens (including phenoxy) is 1. The summed E-state index contributed by atoms with van der Waals surface area (Å²) in [4.78, 5) is 12.1. The molecule has 114 valence electrons. The van der Waals surface area contributed by atoms with E-state index >= 15 is 0 Å². The number of carbonyl (C=O) groups is 1. The van der Waals surface area contributed by atoms with Gasteiger partial charge < -0.3 is 10.1 Å². The van der Waals surface area contributed by atoms with E-state index in [0.29, 0.717) is 16.3 Å². The molecule has 0 spiro atoms. The minimum absolute atomic E-state index is 0.225. The van der Waals surface area contributed by atoms with Crippen LogP contribution in [0.3, 0.4) is 0 Å². The molecule has 22 heavy (non-hydrogen) atoms. The summed E-state index contributed by atoms with van der Waals surface area (Å²) in [5.41, 5.74) is 2.32. The zero-order chi connectivity index (χ0) is 16.1. The van der Waals surface area contributed by atoms with Crippen LogP contribution in [0.25, 0.3) is 0 Å². The summed E-state index contributed by atoms with van der Waals surface area (Å²) in [7, 11) is 1.52. The van der Waals surface area contributed by atoms with Crippen molar-refractivity contribution in [2.45, 2.75) is 6.92 Å². The lowest BCUT2D eigenvalue weighted by molar-refractivity contribution is 0.0977. The predicted octanol–water partition coefficient (Wildman–Crippen LogP) is 3.78. The molecule has 2 N–H and O–H groups in total. The van der Waals surface area contributed by atoms with Crippen molar-refractivity contribution in [2.24, 2.45) is 0 Å². The molecule has 2 aromatic rings. The number of nitrogens with one attached hydrogen (secondary N) is 2. The summed E-state index contributed by atoms with van der Waals surface area (Å²) in [6, 6.07) is 12.5. The van der Waals surface area contributed by atoms with Crippen LogP contribution in [0.2, 0.25) is 5.02 Å². The van der Waals surface area contributed by atoms with E-state index in [1.165, 1.54) is 13.2 Å². The van der Waals surface area contributed by atoms with E-state index in [-0.39, 0.29) is 11.0 Å². The molecule has 0 aliphatic heterocycles. The molecule has 0 aliphatic rings. The Kier molecular flexibility index (Phi) is 5.35. The van der Waals surface area contributed by atoms with Gasteiger partial charge in [0.2, 0.25) is 0 Å². The van der Waals surface area contributed by atoms with Crippen LogP contribution in [0, 0.1) is 6.92 Å². The van der Waals surface area contributed by atoms with Gasteiger partial charge in [-0.2, -0.15) is 0 Å². The minimum Gasteiger partial charge on any atom is -0.495 e. The highest BCUT2D eigenvalue weighted by Gasteiger charge is 2.10. The van der Waals surface area contributed by atoms with Gasteiger partial charge in [0, 0.05) is 11.3 Å². The lowest BCUT2D eigenvalue weighted by atomic mass is 10.2. The third kappa shape index (κ3) is 4.19. The fourth-order valence-corrected chi connectivity index (χ4v) is 2.34. The predicted molar refractivity (Wildman–Crippen MR) is 92.9 cm³/mol. The maximum Gasteiger partial charge on any atom is 0.257 e. The zero-order valence-electron chi connectivity index (χ0n) is 12.1. The number of hydrogen-bond donors (Lipinski definition) is 2. The van der Waals surface area contributed by atoms with Crippen molar-refractivity contribution in [3.8, 4) is 5.75 Å². The molecular formula is C16H15ClN2O2S. The first-order valence-corrected chi connectivity index (χ1v) is 7.31. The number of amides is 1. The molecular weight excluding hydrogens is 320 g/mol. The zero-order valence-corrected chi connectivity index (χ0v) is 13.7. The average molecular weight is 335 g/mol. The van der Waals surface area contributed by atoms with Gasteiger partial charge in [0.15, 0.2) is 5.11 Å². The fraction of sp³-hybridized carbons (Fsp3) is 0.125. The van der Waals surface area contributed by atoms with E-state index in [4.69, 9.17) is 28.6 Å². The van der Waals surface area contributed by atoms with Crippen molar-refractivity contribution >= 4 is 40.5 Å². The number of thiocarbonyl (C=S) groups is 1.